The van der Waals surface area contributed by atoms with Crippen molar-refractivity contribution in [1.82, 2.24) is 9.71 Å². The molecule has 3 aromatic rings. The summed E-state index contributed by atoms with van der Waals surface area (Å²) >= 11 is 7.48. The summed E-state index contributed by atoms with van der Waals surface area (Å²) < 4.78 is 27.3. The number of nitrogens with one attached hydrogen (secondary N) is 1. The molecule has 0 aliphatic rings. The summed E-state index contributed by atoms with van der Waals surface area (Å²) in [5.41, 5.74) is 3.28. The molecule has 0 spiro atoms. The van der Waals surface area contributed by atoms with Gasteiger partial charge in [-0.3, -0.25) is 4.98 Å². The smallest absolute Gasteiger partial charge is 0.216 e. The van der Waals surface area contributed by atoms with E-state index in [1.165, 1.54) is 0 Å². The fourth-order valence-electron chi connectivity index (χ4n) is 2.33. The van der Waals surface area contributed by atoms with Gasteiger partial charge in [0.05, 0.1) is 11.4 Å². The average Bonchev–Trinajstić information content (AvgIpc) is 3.07. The van der Waals surface area contributed by atoms with Crippen LogP contribution in [0.5, 0.6) is 0 Å². The number of aromatic nitrogens is 1. The van der Waals surface area contributed by atoms with Crippen LogP contribution in [0.4, 0.5) is 0 Å². The van der Waals surface area contributed by atoms with Crippen molar-refractivity contribution in [2.75, 3.05) is 0 Å². The molecule has 0 aliphatic carbocycles. The van der Waals surface area contributed by atoms with Gasteiger partial charge < -0.3 is 0 Å². The number of benzene rings is 1. The first-order chi connectivity index (χ1) is 11.5. The van der Waals surface area contributed by atoms with E-state index in [9.17, 15) is 8.42 Å². The molecule has 24 heavy (non-hydrogen) atoms. The van der Waals surface area contributed by atoms with Crippen LogP contribution in [0.2, 0.25) is 5.02 Å². The molecule has 1 aromatic carbocycles. The van der Waals surface area contributed by atoms with E-state index in [0.717, 1.165) is 16.8 Å². The molecule has 1 N–H and O–H groups in total. The van der Waals surface area contributed by atoms with E-state index in [-0.39, 0.29) is 12.3 Å². The van der Waals surface area contributed by atoms with E-state index in [1.807, 2.05) is 22.9 Å². The van der Waals surface area contributed by atoms with Crippen LogP contribution < -0.4 is 4.72 Å². The van der Waals surface area contributed by atoms with E-state index in [1.54, 1.807) is 47.9 Å². The van der Waals surface area contributed by atoms with Gasteiger partial charge in [0.1, 0.15) is 0 Å². The highest BCUT2D eigenvalue weighted by Crippen LogP contribution is 2.23. The number of thiophene rings is 1. The number of pyridine rings is 1. The molecule has 124 valence electrons. The lowest BCUT2D eigenvalue weighted by Crippen LogP contribution is -2.25. The molecule has 2 aromatic heterocycles. The minimum atomic E-state index is -3.47. The van der Waals surface area contributed by atoms with Crippen LogP contribution in [-0.2, 0) is 22.3 Å². The maximum Gasteiger partial charge on any atom is 0.216 e. The van der Waals surface area contributed by atoms with Crippen LogP contribution in [0.15, 0.2) is 59.4 Å². The van der Waals surface area contributed by atoms with Crippen molar-refractivity contribution >= 4 is 33.0 Å². The SMILES string of the molecule is O=S(=O)(Cc1cccc(Cl)c1)NCc1cccnc1-c1ccsc1. The summed E-state index contributed by atoms with van der Waals surface area (Å²) in [6.07, 6.45) is 1.71. The quantitative estimate of drug-likeness (QED) is 0.703. The second kappa shape index (κ2) is 7.44. The molecule has 0 fully saturated rings. The summed E-state index contributed by atoms with van der Waals surface area (Å²) in [5, 5.41) is 4.48. The van der Waals surface area contributed by atoms with Gasteiger partial charge in [0.2, 0.25) is 10.0 Å². The summed E-state index contributed by atoms with van der Waals surface area (Å²) in [4.78, 5) is 4.37. The van der Waals surface area contributed by atoms with Crippen molar-refractivity contribution in [1.29, 1.82) is 0 Å². The first-order valence-electron chi connectivity index (χ1n) is 7.22. The maximum atomic E-state index is 12.3. The molecule has 0 saturated carbocycles. The second-order valence-corrected chi connectivity index (χ2v) is 8.26. The standard InChI is InChI=1S/C17H15ClN2O2S2/c18-16-5-1-3-13(9-16)12-24(21,22)20-10-14-4-2-7-19-17(14)15-6-8-23-11-15/h1-9,11,20H,10,12H2. The Morgan fingerprint density at radius 3 is 2.79 bits per heavy atom. The van der Waals surface area contributed by atoms with Crippen molar-refractivity contribution in [2.24, 2.45) is 0 Å². The minimum absolute atomic E-state index is 0.110. The lowest BCUT2D eigenvalue weighted by molar-refractivity contribution is 0.580. The topological polar surface area (TPSA) is 59.1 Å². The van der Waals surface area contributed by atoms with E-state index in [2.05, 4.69) is 9.71 Å². The predicted molar refractivity (Wildman–Crippen MR) is 98.5 cm³/mol. The molecule has 0 amide bonds. The van der Waals surface area contributed by atoms with Crippen molar-refractivity contribution in [3.63, 3.8) is 0 Å². The third kappa shape index (κ3) is 4.42. The maximum absolute atomic E-state index is 12.3. The van der Waals surface area contributed by atoms with Gasteiger partial charge in [-0.15, -0.1) is 0 Å². The number of sulfonamides is 1. The largest absolute Gasteiger partial charge is 0.256 e. The van der Waals surface area contributed by atoms with Gasteiger partial charge in [0.25, 0.3) is 0 Å². The van der Waals surface area contributed by atoms with Gasteiger partial charge in [0, 0.05) is 28.7 Å². The molecular formula is C17H15ClN2O2S2. The number of halogens is 1. The second-order valence-electron chi connectivity index (χ2n) is 5.23. The summed E-state index contributed by atoms with van der Waals surface area (Å²) in [6, 6.07) is 12.5. The monoisotopic (exact) mass is 378 g/mol. The Morgan fingerprint density at radius 1 is 1.17 bits per heavy atom. The van der Waals surface area contributed by atoms with Crippen molar-refractivity contribution in [3.05, 3.63) is 75.6 Å². The van der Waals surface area contributed by atoms with Crippen molar-refractivity contribution in [3.8, 4) is 11.3 Å². The normalized spacial score (nSPS) is 11.5. The Morgan fingerprint density at radius 2 is 2.04 bits per heavy atom. The highest BCUT2D eigenvalue weighted by molar-refractivity contribution is 7.88. The van der Waals surface area contributed by atoms with Gasteiger partial charge in [-0.25, -0.2) is 13.1 Å². The Balaban J connectivity index is 1.74. The molecule has 2 heterocycles. The number of hydrogen-bond donors (Lipinski definition) is 1. The first-order valence-corrected chi connectivity index (χ1v) is 10.2. The van der Waals surface area contributed by atoms with Gasteiger partial charge in [0.15, 0.2) is 0 Å². The van der Waals surface area contributed by atoms with Crippen LogP contribution in [-0.4, -0.2) is 13.4 Å². The Hall–Kier alpha value is -1.73. The molecule has 0 radical (unpaired) electrons. The third-order valence-electron chi connectivity index (χ3n) is 3.41. The molecule has 0 aliphatic heterocycles. The fourth-order valence-corrected chi connectivity index (χ4v) is 4.27. The number of nitrogens with zero attached hydrogens (tertiary/aromatic N) is 1. The summed E-state index contributed by atoms with van der Waals surface area (Å²) in [5.74, 6) is -0.110. The molecule has 0 unspecified atom stereocenters. The summed E-state index contributed by atoms with van der Waals surface area (Å²) in [7, 11) is -3.47. The molecule has 0 saturated heterocycles. The minimum Gasteiger partial charge on any atom is -0.256 e. The molecule has 7 heteroatoms. The molecule has 4 nitrogen and oxygen atoms in total. The average molecular weight is 379 g/mol. The van der Waals surface area contributed by atoms with E-state index >= 15 is 0 Å². The van der Waals surface area contributed by atoms with E-state index in [0.29, 0.717) is 10.6 Å². The van der Waals surface area contributed by atoms with E-state index in [4.69, 9.17) is 11.6 Å². The molecule has 0 bridgehead atoms. The molecule has 0 atom stereocenters. The summed E-state index contributed by atoms with van der Waals surface area (Å²) in [6.45, 7) is 0.196. The molecular weight excluding hydrogens is 364 g/mol. The fraction of sp³-hybridized carbons (Fsp3) is 0.118. The van der Waals surface area contributed by atoms with Crippen LogP contribution in [0.1, 0.15) is 11.1 Å². The van der Waals surface area contributed by atoms with Crippen LogP contribution in [0.25, 0.3) is 11.3 Å². The Labute approximate surface area is 150 Å². The lowest BCUT2D eigenvalue weighted by atomic mass is 10.1. The van der Waals surface area contributed by atoms with E-state index < -0.39 is 10.0 Å². The zero-order valence-electron chi connectivity index (χ0n) is 12.6. The molecule has 3 rings (SSSR count). The Kier molecular flexibility index (Phi) is 5.30. The number of hydrogen-bond acceptors (Lipinski definition) is 4. The highest BCUT2D eigenvalue weighted by Gasteiger charge is 2.14. The van der Waals surface area contributed by atoms with Gasteiger partial charge in [-0.05, 0) is 40.8 Å². The van der Waals surface area contributed by atoms with Crippen molar-refractivity contribution in [2.45, 2.75) is 12.3 Å². The highest BCUT2D eigenvalue weighted by atomic mass is 35.5. The first kappa shape index (κ1) is 17.1. The van der Waals surface area contributed by atoms with Crippen LogP contribution in [0.3, 0.4) is 0 Å². The van der Waals surface area contributed by atoms with Gasteiger partial charge in [-0.1, -0.05) is 29.8 Å². The lowest BCUT2D eigenvalue weighted by Gasteiger charge is -2.10. The van der Waals surface area contributed by atoms with Crippen LogP contribution in [0, 0.1) is 0 Å². The predicted octanol–water partition coefficient (Wildman–Crippen LogP) is 4.08. The Bertz CT molecular complexity index is 925. The zero-order valence-corrected chi connectivity index (χ0v) is 15.0. The van der Waals surface area contributed by atoms with Crippen molar-refractivity contribution < 1.29 is 8.42 Å². The van der Waals surface area contributed by atoms with Crippen LogP contribution >= 0.6 is 22.9 Å². The zero-order chi connectivity index (χ0) is 17.0. The number of rotatable bonds is 6. The third-order valence-corrected chi connectivity index (χ3v) is 5.63. The van der Waals surface area contributed by atoms with Gasteiger partial charge in [-0.2, -0.15) is 11.3 Å². The van der Waals surface area contributed by atoms with Gasteiger partial charge >= 0.3 is 0 Å².